The molecule has 0 heterocycles. The number of rotatable bonds is 2. The average molecular weight is 312 g/mol. The number of benzene rings is 4. The van der Waals surface area contributed by atoms with E-state index in [1.165, 1.54) is 10.8 Å². The quantitative estimate of drug-likeness (QED) is 0.470. The molecule has 0 aliphatic heterocycles. The van der Waals surface area contributed by atoms with Crippen LogP contribution in [0.2, 0.25) is 0 Å². The van der Waals surface area contributed by atoms with Crippen LogP contribution < -0.4 is 0 Å². The highest BCUT2D eigenvalue weighted by atomic mass is 16.1. The minimum Gasteiger partial charge on any atom is -0.298 e. The van der Waals surface area contributed by atoms with Crippen molar-refractivity contribution in [1.29, 1.82) is 0 Å². The van der Waals surface area contributed by atoms with Crippen molar-refractivity contribution in [1.82, 2.24) is 0 Å². The van der Waals surface area contributed by atoms with Gasteiger partial charge < -0.3 is 0 Å². The summed E-state index contributed by atoms with van der Waals surface area (Å²) in [6, 6.07) is 27.7. The molecule has 4 aromatic rings. The Morgan fingerprint density at radius 1 is 0.500 bits per heavy atom. The zero-order chi connectivity index (χ0) is 16.8. The van der Waals surface area contributed by atoms with Gasteiger partial charge in [0.2, 0.25) is 0 Å². The molecule has 116 valence electrons. The van der Waals surface area contributed by atoms with Gasteiger partial charge in [-0.15, -0.1) is 0 Å². The maximum atomic E-state index is 10.8. The van der Waals surface area contributed by atoms with Crippen LogP contribution in [0.5, 0.6) is 0 Å². The van der Waals surface area contributed by atoms with E-state index in [9.17, 15) is 9.59 Å². The molecule has 2 heteroatoms. The van der Waals surface area contributed by atoms with Crippen molar-refractivity contribution in [3.8, 4) is 0 Å². The zero-order valence-corrected chi connectivity index (χ0v) is 13.1. The topological polar surface area (TPSA) is 34.1 Å². The molecule has 0 unspecified atom stereocenters. The summed E-state index contributed by atoms with van der Waals surface area (Å²) in [5.74, 6) is 0. The van der Waals surface area contributed by atoms with Gasteiger partial charge in [-0.1, -0.05) is 84.9 Å². The third kappa shape index (κ3) is 3.23. The Bertz CT molecular complexity index is 937. The molecule has 0 atom stereocenters. The molecule has 0 radical (unpaired) electrons. The van der Waals surface area contributed by atoms with Gasteiger partial charge in [-0.05, 0) is 21.5 Å². The highest BCUT2D eigenvalue weighted by molar-refractivity contribution is 6.04. The Kier molecular flexibility index (Phi) is 4.78. The fourth-order valence-corrected chi connectivity index (χ4v) is 2.68. The molecule has 0 saturated heterocycles. The fraction of sp³-hybridized carbons (Fsp3) is 0. The summed E-state index contributed by atoms with van der Waals surface area (Å²) in [4.78, 5) is 21.5. The number of aldehydes is 2. The van der Waals surface area contributed by atoms with Crippen molar-refractivity contribution in [3.05, 3.63) is 96.1 Å². The molecule has 0 N–H and O–H groups in total. The first-order valence-corrected chi connectivity index (χ1v) is 7.69. The molecule has 2 nitrogen and oxygen atoms in total. The molecule has 0 amide bonds. The van der Waals surface area contributed by atoms with Crippen molar-refractivity contribution in [2.45, 2.75) is 0 Å². The first kappa shape index (κ1) is 15.6. The average Bonchev–Trinajstić information content (AvgIpc) is 2.67. The summed E-state index contributed by atoms with van der Waals surface area (Å²) in [6.45, 7) is 0. The van der Waals surface area contributed by atoms with Crippen LogP contribution in [-0.2, 0) is 0 Å². The van der Waals surface area contributed by atoms with Crippen molar-refractivity contribution in [2.24, 2.45) is 0 Å². The Balaban J connectivity index is 0.000000149. The SMILES string of the molecule is O=Cc1ccc2ccccc2c1C=O.c1ccc2ccccc2c1. The van der Waals surface area contributed by atoms with Crippen LogP contribution in [0.25, 0.3) is 21.5 Å². The Labute approximate surface area is 140 Å². The maximum Gasteiger partial charge on any atom is 0.151 e. The second-order valence-corrected chi connectivity index (χ2v) is 5.37. The highest BCUT2D eigenvalue weighted by Crippen LogP contribution is 2.19. The molecule has 0 aliphatic rings. The lowest BCUT2D eigenvalue weighted by Crippen LogP contribution is -1.91. The number of carbonyl (C=O) groups excluding carboxylic acids is 2. The molecule has 0 spiro atoms. The Morgan fingerprint density at radius 3 is 1.50 bits per heavy atom. The van der Waals surface area contributed by atoms with Crippen LogP contribution in [0.15, 0.2) is 84.9 Å². The predicted octanol–water partition coefficient (Wildman–Crippen LogP) is 5.30. The van der Waals surface area contributed by atoms with Gasteiger partial charge in [0.25, 0.3) is 0 Å². The Hall–Kier alpha value is -3.26. The summed E-state index contributed by atoms with van der Waals surface area (Å²) >= 11 is 0. The lowest BCUT2D eigenvalue weighted by atomic mass is 10.0. The second-order valence-electron chi connectivity index (χ2n) is 5.37. The van der Waals surface area contributed by atoms with E-state index in [-0.39, 0.29) is 0 Å². The van der Waals surface area contributed by atoms with Crippen LogP contribution in [0.1, 0.15) is 20.7 Å². The summed E-state index contributed by atoms with van der Waals surface area (Å²) in [5.41, 5.74) is 0.914. The van der Waals surface area contributed by atoms with Crippen LogP contribution in [0, 0.1) is 0 Å². The minimum absolute atomic E-state index is 0.443. The van der Waals surface area contributed by atoms with E-state index >= 15 is 0 Å². The maximum absolute atomic E-state index is 10.8. The van der Waals surface area contributed by atoms with Gasteiger partial charge in [-0.3, -0.25) is 9.59 Å². The number of hydrogen-bond donors (Lipinski definition) is 0. The Morgan fingerprint density at radius 2 is 1.00 bits per heavy atom. The van der Waals surface area contributed by atoms with Crippen molar-refractivity contribution < 1.29 is 9.59 Å². The van der Waals surface area contributed by atoms with E-state index in [4.69, 9.17) is 0 Å². The first-order chi connectivity index (χ1) is 11.8. The summed E-state index contributed by atoms with van der Waals surface area (Å²) in [5, 5.41) is 4.42. The van der Waals surface area contributed by atoms with Crippen LogP contribution in [-0.4, -0.2) is 12.6 Å². The van der Waals surface area contributed by atoms with Crippen LogP contribution in [0.4, 0.5) is 0 Å². The van der Waals surface area contributed by atoms with E-state index in [1.54, 1.807) is 6.07 Å². The van der Waals surface area contributed by atoms with Gasteiger partial charge in [0.1, 0.15) is 0 Å². The molecule has 24 heavy (non-hydrogen) atoms. The van der Waals surface area contributed by atoms with Crippen LogP contribution in [0.3, 0.4) is 0 Å². The van der Waals surface area contributed by atoms with Crippen molar-refractivity contribution in [3.63, 3.8) is 0 Å². The third-order valence-electron chi connectivity index (χ3n) is 3.91. The van der Waals surface area contributed by atoms with Gasteiger partial charge in [0, 0.05) is 11.1 Å². The molecule has 0 aromatic heterocycles. The van der Waals surface area contributed by atoms with Crippen molar-refractivity contribution in [2.75, 3.05) is 0 Å². The molecule has 0 saturated carbocycles. The molecule has 0 aliphatic carbocycles. The molecular weight excluding hydrogens is 296 g/mol. The van der Waals surface area contributed by atoms with E-state index in [2.05, 4.69) is 48.5 Å². The number of carbonyl (C=O) groups is 2. The summed E-state index contributed by atoms with van der Waals surface area (Å²) in [7, 11) is 0. The molecule has 4 aromatic carbocycles. The summed E-state index contributed by atoms with van der Waals surface area (Å²) in [6.07, 6.45) is 1.43. The standard InChI is InChI=1S/C12H8O2.C10H8/c13-7-10-6-5-9-3-1-2-4-11(9)12(10)8-14;1-2-6-10-8-4-3-7-9(10)5-1/h1-8H;1-8H. The molecule has 0 bridgehead atoms. The molecule has 0 fully saturated rings. The third-order valence-corrected chi connectivity index (χ3v) is 3.91. The molecular formula is C22H16O2. The first-order valence-electron chi connectivity index (χ1n) is 7.69. The normalized spacial score (nSPS) is 10.0. The van der Waals surface area contributed by atoms with E-state index in [0.717, 1.165) is 17.1 Å². The fourth-order valence-electron chi connectivity index (χ4n) is 2.68. The van der Waals surface area contributed by atoms with Gasteiger partial charge >= 0.3 is 0 Å². The smallest absolute Gasteiger partial charge is 0.151 e. The van der Waals surface area contributed by atoms with Crippen molar-refractivity contribution >= 4 is 34.1 Å². The lowest BCUT2D eigenvalue weighted by molar-refractivity contribution is 0.109. The largest absolute Gasteiger partial charge is 0.298 e. The summed E-state index contributed by atoms with van der Waals surface area (Å²) < 4.78 is 0. The minimum atomic E-state index is 0.443. The predicted molar refractivity (Wildman–Crippen MR) is 98.7 cm³/mol. The number of hydrogen-bond acceptors (Lipinski definition) is 2. The molecule has 4 rings (SSSR count). The van der Waals surface area contributed by atoms with Gasteiger partial charge in [-0.25, -0.2) is 0 Å². The van der Waals surface area contributed by atoms with E-state index < -0.39 is 0 Å². The van der Waals surface area contributed by atoms with Gasteiger partial charge in [-0.2, -0.15) is 0 Å². The second kappa shape index (κ2) is 7.34. The van der Waals surface area contributed by atoms with Gasteiger partial charge in [0.15, 0.2) is 12.6 Å². The van der Waals surface area contributed by atoms with Crippen LogP contribution >= 0.6 is 0 Å². The zero-order valence-electron chi connectivity index (χ0n) is 13.1. The van der Waals surface area contributed by atoms with E-state index in [0.29, 0.717) is 17.4 Å². The lowest BCUT2D eigenvalue weighted by Gasteiger charge is -2.02. The number of fused-ring (bicyclic) bond motifs is 2. The van der Waals surface area contributed by atoms with Gasteiger partial charge in [0.05, 0.1) is 0 Å². The highest BCUT2D eigenvalue weighted by Gasteiger charge is 2.04. The monoisotopic (exact) mass is 312 g/mol. The van der Waals surface area contributed by atoms with E-state index in [1.807, 2.05) is 30.3 Å².